The van der Waals surface area contributed by atoms with Gasteiger partial charge in [-0.1, -0.05) is 11.6 Å². The molecule has 134 valence electrons. The van der Waals surface area contributed by atoms with Gasteiger partial charge >= 0.3 is 6.18 Å². The molecule has 1 aliphatic heterocycles. The van der Waals surface area contributed by atoms with Crippen LogP contribution in [-0.4, -0.2) is 38.4 Å². The fourth-order valence-electron chi connectivity index (χ4n) is 2.38. The number of alkyl halides is 3. The summed E-state index contributed by atoms with van der Waals surface area (Å²) in [6.07, 6.45) is -4.16. The lowest BCUT2D eigenvalue weighted by atomic mass is 10.2. The maximum Gasteiger partial charge on any atom is 0.417 e. The number of hydrogen-bond donors (Lipinski definition) is 2. The van der Waals surface area contributed by atoms with Gasteiger partial charge in [0, 0.05) is 24.7 Å². The molecular weight excluding hydrogens is 369 g/mol. The second-order valence-corrected chi connectivity index (χ2v) is 8.17. The molecule has 1 heterocycles. The number of halogens is 4. The molecule has 10 heteroatoms. The summed E-state index contributed by atoms with van der Waals surface area (Å²) in [5, 5.41) is 4.93. The third-order valence-electron chi connectivity index (χ3n) is 3.55. The molecule has 1 aromatic carbocycles. The summed E-state index contributed by atoms with van der Waals surface area (Å²) in [4.78, 5) is 11.7. The van der Waals surface area contributed by atoms with Crippen molar-refractivity contribution in [1.29, 1.82) is 0 Å². The van der Waals surface area contributed by atoms with Crippen LogP contribution in [0, 0.1) is 0 Å². The van der Waals surface area contributed by atoms with E-state index in [-0.39, 0.29) is 36.1 Å². The molecule has 1 aliphatic rings. The second kappa shape index (κ2) is 7.18. The average molecular weight is 385 g/mol. The van der Waals surface area contributed by atoms with E-state index in [9.17, 15) is 26.4 Å². The van der Waals surface area contributed by atoms with E-state index in [0.717, 1.165) is 12.1 Å². The standard InChI is InChI=1S/C14H16ClF3N2O3S/c15-12-2-1-9(7-11(12)14(16,17)18)19-5-3-13(21)20-10-4-6-24(22,23)8-10/h1-2,7,10,19H,3-6,8H2,(H,20,21). The lowest BCUT2D eigenvalue weighted by Gasteiger charge is -2.13. The fraction of sp³-hybridized carbons (Fsp3) is 0.500. The highest BCUT2D eigenvalue weighted by molar-refractivity contribution is 7.91. The number of anilines is 1. The Kier molecular flexibility index (Phi) is 5.64. The summed E-state index contributed by atoms with van der Waals surface area (Å²) in [7, 11) is -3.08. The van der Waals surface area contributed by atoms with Crippen molar-refractivity contribution in [2.45, 2.75) is 25.1 Å². The summed E-state index contributed by atoms with van der Waals surface area (Å²) in [5.41, 5.74) is -0.752. The van der Waals surface area contributed by atoms with Gasteiger partial charge in [0.2, 0.25) is 5.91 Å². The molecule has 2 N–H and O–H groups in total. The van der Waals surface area contributed by atoms with E-state index in [1.165, 1.54) is 6.07 Å². The molecule has 1 fully saturated rings. The summed E-state index contributed by atoms with van der Waals surface area (Å²) < 4.78 is 60.8. The van der Waals surface area contributed by atoms with Crippen molar-refractivity contribution < 1.29 is 26.4 Å². The van der Waals surface area contributed by atoms with Gasteiger partial charge in [0.05, 0.1) is 22.1 Å². The first-order chi connectivity index (χ1) is 11.1. The number of benzene rings is 1. The molecule has 1 atom stereocenters. The minimum Gasteiger partial charge on any atom is -0.385 e. The summed E-state index contributed by atoms with van der Waals surface area (Å²) >= 11 is 5.52. The zero-order valence-electron chi connectivity index (χ0n) is 12.5. The molecule has 2 rings (SSSR count). The number of carbonyl (C=O) groups excluding carboxylic acids is 1. The van der Waals surface area contributed by atoms with Crippen LogP contribution in [0.5, 0.6) is 0 Å². The normalized spacial score (nSPS) is 19.9. The lowest BCUT2D eigenvalue weighted by Crippen LogP contribution is -2.36. The summed E-state index contributed by atoms with van der Waals surface area (Å²) in [5.74, 6) is -0.367. The molecule has 1 aromatic rings. The molecule has 24 heavy (non-hydrogen) atoms. The molecular formula is C14H16ClF3N2O3S. The summed E-state index contributed by atoms with van der Waals surface area (Å²) in [6, 6.07) is 3.01. The minimum atomic E-state index is -4.56. The Morgan fingerprint density at radius 3 is 2.62 bits per heavy atom. The highest BCUT2D eigenvalue weighted by Crippen LogP contribution is 2.36. The lowest BCUT2D eigenvalue weighted by molar-refractivity contribution is -0.137. The van der Waals surface area contributed by atoms with E-state index in [0.29, 0.717) is 6.42 Å². The van der Waals surface area contributed by atoms with Gasteiger partial charge in [0.1, 0.15) is 0 Å². The number of amides is 1. The third-order valence-corrected chi connectivity index (χ3v) is 5.65. The first-order valence-corrected chi connectivity index (χ1v) is 9.37. The minimum absolute atomic E-state index is 0.0144. The van der Waals surface area contributed by atoms with Crippen LogP contribution in [0.2, 0.25) is 5.02 Å². The van der Waals surface area contributed by atoms with Crippen LogP contribution in [-0.2, 0) is 20.8 Å². The van der Waals surface area contributed by atoms with Crippen molar-refractivity contribution in [3.63, 3.8) is 0 Å². The van der Waals surface area contributed by atoms with E-state index in [2.05, 4.69) is 10.6 Å². The van der Waals surface area contributed by atoms with Gasteiger partial charge in [0.25, 0.3) is 0 Å². The topological polar surface area (TPSA) is 75.3 Å². The SMILES string of the molecule is O=C(CCNc1ccc(Cl)c(C(F)(F)F)c1)NC1CCS(=O)(=O)C1. The predicted molar refractivity (Wildman–Crippen MR) is 84.8 cm³/mol. The first-order valence-electron chi connectivity index (χ1n) is 7.17. The van der Waals surface area contributed by atoms with Crippen molar-refractivity contribution in [2.24, 2.45) is 0 Å². The predicted octanol–water partition coefficient (Wildman–Crippen LogP) is 2.46. The number of rotatable bonds is 5. The van der Waals surface area contributed by atoms with Gasteiger partial charge in [-0.25, -0.2) is 8.42 Å². The quantitative estimate of drug-likeness (QED) is 0.817. The Morgan fingerprint density at radius 1 is 1.33 bits per heavy atom. The van der Waals surface area contributed by atoms with Gasteiger partial charge in [-0.05, 0) is 24.6 Å². The van der Waals surface area contributed by atoms with Crippen molar-refractivity contribution in [3.05, 3.63) is 28.8 Å². The fourth-order valence-corrected chi connectivity index (χ4v) is 4.28. The maximum absolute atomic E-state index is 12.7. The molecule has 1 amide bonds. The Bertz CT molecular complexity index is 722. The van der Waals surface area contributed by atoms with Crippen LogP contribution in [0.3, 0.4) is 0 Å². The van der Waals surface area contributed by atoms with E-state index in [4.69, 9.17) is 11.6 Å². The Labute approximate surface area is 142 Å². The zero-order valence-corrected chi connectivity index (χ0v) is 14.1. The van der Waals surface area contributed by atoms with Crippen LogP contribution >= 0.6 is 11.6 Å². The maximum atomic E-state index is 12.7. The highest BCUT2D eigenvalue weighted by atomic mass is 35.5. The van der Waals surface area contributed by atoms with Crippen molar-refractivity contribution in [1.82, 2.24) is 5.32 Å². The molecule has 0 saturated carbocycles. The van der Waals surface area contributed by atoms with Crippen molar-refractivity contribution in [3.8, 4) is 0 Å². The molecule has 1 unspecified atom stereocenters. The zero-order chi connectivity index (χ0) is 18.0. The van der Waals surface area contributed by atoms with Gasteiger partial charge < -0.3 is 10.6 Å². The van der Waals surface area contributed by atoms with E-state index in [1.54, 1.807) is 0 Å². The number of hydrogen-bond acceptors (Lipinski definition) is 4. The molecule has 5 nitrogen and oxygen atoms in total. The van der Waals surface area contributed by atoms with Gasteiger partial charge in [-0.15, -0.1) is 0 Å². The Hall–Kier alpha value is -1.48. The van der Waals surface area contributed by atoms with E-state index >= 15 is 0 Å². The van der Waals surface area contributed by atoms with Crippen molar-refractivity contribution in [2.75, 3.05) is 23.4 Å². The van der Waals surface area contributed by atoms with Crippen LogP contribution in [0.4, 0.5) is 18.9 Å². The van der Waals surface area contributed by atoms with Crippen molar-refractivity contribution >= 4 is 33.0 Å². The molecule has 0 radical (unpaired) electrons. The van der Waals surface area contributed by atoms with Crippen LogP contribution in [0.25, 0.3) is 0 Å². The second-order valence-electron chi connectivity index (χ2n) is 5.54. The number of carbonyl (C=O) groups is 1. The van der Waals surface area contributed by atoms with Gasteiger partial charge in [-0.2, -0.15) is 13.2 Å². The van der Waals surface area contributed by atoms with E-state index in [1.807, 2.05) is 0 Å². The third kappa shape index (κ3) is 5.27. The number of sulfone groups is 1. The molecule has 0 aliphatic carbocycles. The van der Waals surface area contributed by atoms with Gasteiger partial charge in [-0.3, -0.25) is 4.79 Å². The van der Waals surface area contributed by atoms with Gasteiger partial charge in [0.15, 0.2) is 9.84 Å². The van der Waals surface area contributed by atoms with E-state index < -0.39 is 32.6 Å². The highest BCUT2D eigenvalue weighted by Gasteiger charge is 2.33. The summed E-state index contributed by atoms with van der Waals surface area (Å²) in [6.45, 7) is 0.115. The largest absolute Gasteiger partial charge is 0.417 e. The number of nitrogens with one attached hydrogen (secondary N) is 2. The average Bonchev–Trinajstić information content (AvgIpc) is 2.78. The van der Waals surface area contributed by atoms with Crippen LogP contribution < -0.4 is 10.6 Å². The molecule has 0 aromatic heterocycles. The molecule has 1 saturated heterocycles. The smallest absolute Gasteiger partial charge is 0.385 e. The van der Waals surface area contributed by atoms with Crippen LogP contribution in [0.15, 0.2) is 18.2 Å². The van der Waals surface area contributed by atoms with Crippen LogP contribution in [0.1, 0.15) is 18.4 Å². The monoisotopic (exact) mass is 384 g/mol. The molecule has 0 spiro atoms. The Morgan fingerprint density at radius 2 is 2.04 bits per heavy atom. The molecule has 0 bridgehead atoms. The first kappa shape index (κ1) is 18.9. The Balaban J connectivity index is 1.83.